The number of phenols is 1. The van der Waals surface area contributed by atoms with E-state index in [9.17, 15) is 5.11 Å². The van der Waals surface area contributed by atoms with Crippen molar-refractivity contribution in [3.63, 3.8) is 0 Å². The van der Waals surface area contributed by atoms with Crippen molar-refractivity contribution in [3.8, 4) is 78.7 Å². The van der Waals surface area contributed by atoms with E-state index in [-0.39, 0.29) is 37.6 Å². The molecule has 65 heavy (non-hydrogen) atoms. The van der Waals surface area contributed by atoms with Crippen LogP contribution in [0.25, 0.3) is 94.8 Å². The predicted molar refractivity (Wildman–Crippen MR) is 267 cm³/mol. The Balaban J connectivity index is 0.00000533. The summed E-state index contributed by atoms with van der Waals surface area (Å²) in [5.74, 6) is 0.189. The van der Waals surface area contributed by atoms with Crippen LogP contribution < -0.4 is 0 Å². The summed E-state index contributed by atoms with van der Waals surface area (Å²) in [5.41, 5.74) is 16.9. The Morgan fingerprint density at radius 1 is 0.415 bits per heavy atom. The molecule has 0 radical (unpaired) electrons. The van der Waals surface area contributed by atoms with Crippen LogP contribution in [0.3, 0.4) is 0 Å². The molecule has 0 saturated carbocycles. The van der Waals surface area contributed by atoms with Gasteiger partial charge in [0.25, 0.3) is 0 Å². The molecule has 0 saturated heterocycles. The number of phenolic OH excluding ortho intramolecular Hbond substituents is 1. The van der Waals surface area contributed by atoms with Crippen molar-refractivity contribution in [1.29, 1.82) is 0 Å². The molecule has 322 valence electrons. The third-order valence-electron chi connectivity index (χ3n) is 12.3. The zero-order chi connectivity index (χ0) is 44.2. The van der Waals surface area contributed by atoms with Gasteiger partial charge in [-0.15, -0.1) is 24.3 Å². The quantitative estimate of drug-likeness (QED) is 0.162. The molecule has 5 heteroatoms. The zero-order valence-corrected chi connectivity index (χ0v) is 39.8. The van der Waals surface area contributed by atoms with E-state index in [1.54, 1.807) is 6.07 Å². The number of fused-ring (bicyclic) bond motifs is 3. The SMILES string of the molecule is CC(C)(C)c1cc(-c2cc(-c3[c-]c(-c4cccc(-c5ccc6c7ccccc7n(-c7ccccc7-c7ccccc7)c6c5)n4)ccc3)nc(-c3ccccc3O)c2)cc(C(C)(C)C)c1.[Pt]. The molecule has 7 aromatic carbocycles. The number of benzene rings is 7. The molecular formula is C60H50N3OPt-. The third-order valence-corrected chi connectivity index (χ3v) is 12.3. The number of hydrogen-bond donors (Lipinski definition) is 1. The summed E-state index contributed by atoms with van der Waals surface area (Å²) in [5, 5.41) is 13.5. The minimum Gasteiger partial charge on any atom is -0.507 e. The maximum Gasteiger partial charge on any atom is 0.124 e. The molecule has 10 rings (SSSR count). The van der Waals surface area contributed by atoms with Gasteiger partial charge in [-0.2, -0.15) is 0 Å². The standard InChI is InChI=1S/C60H50N3O.Pt/c1-59(2,3)45-33-43(34-46(38-45)60(4,5)6)44-35-53(62-54(36-44)50-24-12-15-29-58(50)64)41-21-16-20-40(32-41)51-25-17-26-52(61-51)42-30-31-49-48-23-11-14-28-56(48)63(57(49)37-42)55-27-13-10-22-47(55)39-18-8-7-9-19-39;/h7-31,33-38,64H,1-6H3;/q-1;. The average Bonchev–Trinajstić information content (AvgIpc) is 3.65. The largest absolute Gasteiger partial charge is 0.507 e. The first-order valence-electron chi connectivity index (χ1n) is 22.0. The summed E-state index contributed by atoms with van der Waals surface area (Å²) >= 11 is 0. The molecule has 0 spiro atoms. The number of aromatic nitrogens is 3. The van der Waals surface area contributed by atoms with Crippen molar-refractivity contribution in [2.24, 2.45) is 0 Å². The van der Waals surface area contributed by atoms with Crippen LogP contribution in [0.2, 0.25) is 0 Å². The van der Waals surface area contributed by atoms with Crippen LogP contribution in [0.1, 0.15) is 52.7 Å². The number of pyridine rings is 2. The Hall–Kier alpha value is -6.87. The number of hydrogen-bond acceptors (Lipinski definition) is 3. The monoisotopic (exact) mass is 1020 g/mol. The van der Waals surface area contributed by atoms with Gasteiger partial charge in [0, 0.05) is 59.9 Å². The maximum absolute atomic E-state index is 11.1. The molecule has 0 aliphatic rings. The van der Waals surface area contributed by atoms with Gasteiger partial charge in [-0.1, -0.05) is 180 Å². The Bertz CT molecular complexity index is 3340. The summed E-state index contributed by atoms with van der Waals surface area (Å²) < 4.78 is 2.39. The molecule has 3 heterocycles. The van der Waals surface area contributed by atoms with Gasteiger partial charge in [-0.25, -0.2) is 0 Å². The Kier molecular flexibility index (Phi) is 11.5. The molecule has 0 fully saturated rings. The molecule has 4 nitrogen and oxygen atoms in total. The van der Waals surface area contributed by atoms with E-state index in [0.717, 1.165) is 61.6 Å². The van der Waals surface area contributed by atoms with Crippen LogP contribution in [-0.4, -0.2) is 19.6 Å². The van der Waals surface area contributed by atoms with Crippen LogP contribution in [-0.2, 0) is 31.9 Å². The second kappa shape index (κ2) is 17.3. The number of nitrogens with zero attached hydrogens (tertiary/aromatic N) is 3. The van der Waals surface area contributed by atoms with E-state index in [1.165, 1.54) is 33.0 Å². The molecule has 0 aliphatic heterocycles. The van der Waals surface area contributed by atoms with Gasteiger partial charge in [-0.3, -0.25) is 9.97 Å². The van der Waals surface area contributed by atoms with Gasteiger partial charge in [0.15, 0.2) is 0 Å². The van der Waals surface area contributed by atoms with Crippen molar-refractivity contribution in [2.45, 2.75) is 52.4 Å². The smallest absolute Gasteiger partial charge is 0.124 e. The van der Waals surface area contributed by atoms with Crippen molar-refractivity contribution in [1.82, 2.24) is 14.5 Å². The average molecular weight is 1020 g/mol. The molecule has 0 aliphatic carbocycles. The van der Waals surface area contributed by atoms with Crippen LogP contribution >= 0.6 is 0 Å². The molecular weight excluding hydrogens is 974 g/mol. The van der Waals surface area contributed by atoms with E-state index >= 15 is 0 Å². The summed E-state index contributed by atoms with van der Waals surface area (Å²) in [4.78, 5) is 10.5. The van der Waals surface area contributed by atoms with E-state index in [4.69, 9.17) is 9.97 Å². The van der Waals surface area contributed by atoms with E-state index in [0.29, 0.717) is 11.3 Å². The normalized spacial score (nSPS) is 11.8. The number of aromatic hydroxyl groups is 1. The van der Waals surface area contributed by atoms with Gasteiger partial charge in [0.2, 0.25) is 0 Å². The van der Waals surface area contributed by atoms with Crippen LogP contribution in [0.5, 0.6) is 5.75 Å². The van der Waals surface area contributed by atoms with E-state index in [2.05, 4.69) is 210 Å². The molecule has 0 atom stereocenters. The predicted octanol–water partition coefficient (Wildman–Crippen LogP) is 15.7. The Morgan fingerprint density at radius 3 is 1.72 bits per heavy atom. The van der Waals surface area contributed by atoms with Crippen molar-refractivity contribution >= 4 is 21.8 Å². The van der Waals surface area contributed by atoms with Gasteiger partial charge in [0.1, 0.15) is 5.75 Å². The summed E-state index contributed by atoms with van der Waals surface area (Å²) in [6, 6.07) is 69.3. The number of rotatable bonds is 7. The fourth-order valence-corrected chi connectivity index (χ4v) is 8.76. The van der Waals surface area contributed by atoms with E-state index in [1.807, 2.05) is 24.3 Å². The van der Waals surface area contributed by atoms with Crippen molar-refractivity contribution in [2.75, 3.05) is 0 Å². The first-order chi connectivity index (χ1) is 30.9. The third kappa shape index (κ3) is 8.48. The Labute approximate surface area is 396 Å². The van der Waals surface area contributed by atoms with Gasteiger partial charge < -0.3 is 9.67 Å². The molecule has 1 N–H and O–H groups in total. The fraction of sp³-hybridized carbons (Fsp3) is 0.133. The van der Waals surface area contributed by atoms with Crippen LogP contribution in [0.4, 0.5) is 0 Å². The summed E-state index contributed by atoms with van der Waals surface area (Å²) in [6.45, 7) is 13.6. The van der Waals surface area contributed by atoms with Crippen LogP contribution in [0.15, 0.2) is 188 Å². The van der Waals surface area contributed by atoms with Gasteiger partial charge >= 0.3 is 0 Å². The summed E-state index contributed by atoms with van der Waals surface area (Å²) in [7, 11) is 0. The first kappa shape index (κ1) is 43.4. The molecule has 3 aromatic heterocycles. The second-order valence-electron chi connectivity index (χ2n) is 18.8. The molecule has 0 unspecified atom stereocenters. The van der Waals surface area contributed by atoms with Crippen molar-refractivity contribution < 1.29 is 26.2 Å². The Morgan fingerprint density at radius 2 is 0.985 bits per heavy atom. The molecule has 0 amide bonds. The van der Waals surface area contributed by atoms with Crippen molar-refractivity contribution in [3.05, 3.63) is 205 Å². The number of para-hydroxylation sites is 3. The minimum absolute atomic E-state index is 0. The molecule has 0 bridgehead atoms. The minimum atomic E-state index is -0.0476. The topological polar surface area (TPSA) is 50.9 Å². The fourth-order valence-electron chi connectivity index (χ4n) is 8.76. The van der Waals surface area contributed by atoms with Gasteiger partial charge in [-0.05, 0) is 81.1 Å². The summed E-state index contributed by atoms with van der Waals surface area (Å²) in [6.07, 6.45) is 0. The van der Waals surface area contributed by atoms with Gasteiger partial charge in [0.05, 0.1) is 28.1 Å². The molecule has 10 aromatic rings. The zero-order valence-electron chi connectivity index (χ0n) is 37.5. The van der Waals surface area contributed by atoms with Crippen LogP contribution in [0, 0.1) is 6.07 Å². The first-order valence-corrected chi connectivity index (χ1v) is 22.0. The van der Waals surface area contributed by atoms with E-state index < -0.39 is 0 Å². The maximum atomic E-state index is 11.1. The second-order valence-corrected chi connectivity index (χ2v) is 18.8.